The highest BCUT2D eigenvalue weighted by atomic mass is 32.2. The molecule has 0 radical (unpaired) electrons. The molecule has 1 aliphatic rings. The molecule has 0 spiro atoms. The van der Waals surface area contributed by atoms with Crippen LogP contribution in [0.5, 0.6) is 0 Å². The minimum Gasteiger partial charge on any atom is -0.382 e. The van der Waals surface area contributed by atoms with E-state index in [1.54, 1.807) is 7.11 Å². The smallest absolute Gasteiger partial charge is 0.269 e. The topological polar surface area (TPSA) is 99.0 Å². The Hall–Kier alpha value is -1.55. The predicted octanol–water partition coefficient (Wildman–Crippen LogP) is 1.66. The molecule has 0 atom stereocenters. The molecule has 0 saturated carbocycles. The minimum atomic E-state index is -3.61. The summed E-state index contributed by atoms with van der Waals surface area (Å²) in [6, 6.07) is 4.99. The molecular weight excluding hydrogens is 336 g/mol. The highest BCUT2D eigenvalue weighted by Gasteiger charge is 2.29. The summed E-state index contributed by atoms with van der Waals surface area (Å²) in [5, 5.41) is 10.7. The monoisotopic (exact) mass is 358 g/mol. The Morgan fingerprint density at radius 3 is 2.38 bits per heavy atom. The molecule has 0 unspecified atom stereocenters. The van der Waals surface area contributed by atoms with Crippen LogP contribution >= 0.6 is 0 Å². The first-order valence-corrected chi connectivity index (χ1v) is 9.20. The van der Waals surface area contributed by atoms with Gasteiger partial charge in [0.1, 0.15) is 0 Å². The second-order valence-electron chi connectivity index (χ2n) is 5.67. The normalized spacial score (nSPS) is 17.0. The summed E-state index contributed by atoms with van der Waals surface area (Å²) >= 11 is 0. The Labute approximate surface area is 141 Å². The molecule has 2 rings (SSSR count). The van der Waals surface area contributed by atoms with Gasteiger partial charge in [-0.15, -0.1) is 0 Å². The molecule has 1 fully saturated rings. The van der Waals surface area contributed by atoms with Gasteiger partial charge in [-0.05, 0) is 30.9 Å². The van der Waals surface area contributed by atoms with Gasteiger partial charge in [0.25, 0.3) is 5.69 Å². The Morgan fingerprint density at radius 1 is 1.21 bits per heavy atom. The van der Waals surface area contributed by atoms with Gasteiger partial charge in [0.2, 0.25) is 10.0 Å². The van der Waals surface area contributed by atoms with Gasteiger partial charge in [-0.3, -0.25) is 10.1 Å². The van der Waals surface area contributed by atoms with Crippen molar-refractivity contribution in [2.24, 2.45) is 5.92 Å². The number of nitro groups is 1. The number of ether oxygens (including phenoxy) is 2. The number of hydrogen-bond donors (Lipinski definition) is 0. The van der Waals surface area contributed by atoms with Crippen LogP contribution in [0.3, 0.4) is 0 Å². The Bertz CT molecular complexity index is 638. The average molecular weight is 358 g/mol. The summed E-state index contributed by atoms with van der Waals surface area (Å²) in [4.78, 5) is 10.2. The number of rotatable bonds is 8. The molecule has 1 saturated heterocycles. The summed E-state index contributed by atoms with van der Waals surface area (Å²) in [5.41, 5.74) is -0.124. The molecule has 0 amide bonds. The first-order valence-electron chi connectivity index (χ1n) is 7.76. The van der Waals surface area contributed by atoms with Crippen LogP contribution in [0.25, 0.3) is 0 Å². The van der Waals surface area contributed by atoms with E-state index in [-0.39, 0.29) is 10.6 Å². The van der Waals surface area contributed by atoms with E-state index in [1.807, 2.05) is 0 Å². The molecule has 0 aliphatic carbocycles. The molecule has 9 heteroatoms. The third kappa shape index (κ3) is 4.73. The Balaban J connectivity index is 1.91. The number of non-ortho nitro benzene ring substituents is 1. The van der Waals surface area contributed by atoms with Crippen molar-refractivity contribution in [3.8, 4) is 0 Å². The van der Waals surface area contributed by atoms with Gasteiger partial charge in [0.15, 0.2) is 0 Å². The molecule has 1 heterocycles. The van der Waals surface area contributed by atoms with Crippen LogP contribution in [0, 0.1) is 16.0 Å². The largest absolute Gasteiger partial charge is 0.382 e. The van der Waals surface area contributed by atoms with E-state index in [9.17, 15) is 18.5 Å². The van der Waals surface area contributed by atoms with Crippen LogP contribution in [-0.2, 0) is 19.5 Å². The van der Waals surface area contributed by atoms with Crippen LogP contribution in [0.4, 0.5) is 5.69 Å². The van der Waals surface area contributed by atoms with Gasteiger partial charge in [-0.1, -0.05) is 0 Å². The van der Waals surface area contributed by atoms with E-state index >= 15 is 0 Å². The number of methoxy groups -OCH3 is 1. The molecule has 134 valence electrons. The molecule has 1 aromatic carbocycles. The molecule has 8 nitrogen and oxygen atoms in total. The van der Waals surface area contributed by atoms with Gasteiger partial charge in [0.05, 0.1) is 23.0 Å². The lowest BCUT2D eigenvalue weighted by molar-refractivity contribution is -0.384. The molecule has 0 aromatic heterocycles. The number of sulfonamides is 1. The van der Waals surface area contributed by atoms with Gasteiger partial charge >= 0.3 is 0 Å². The molecule has 24 heavy (non-hydrogen) atoms. The standard InChI is InChI=1S/C15H22N2O6S/c1-22-10-11-23-12-13-6-8-16(9-7-13)24(20,21)15-4-2-14(3-5-15)17(18)19/h2-5,13H,6-12H2,1H3. The average Bonchev–Trinajstić information content (AvgIpc) is 2.59. The molecule has 0 bridgehead atoms. The first-order chi connectivity index (χ1) is 11.4. The Morgan fingerprint density at radius 2 is 1.83 bits per heavy atom. The molecule has 1 aromatic rings. The zero-order valence-electron chi connectivity index (χ0n) is 13.6. The molecule has 1 aliphatic heterocycles. The van der Waals surface area contributed by atoms with Crippen molar-refractivity contribution in [1.82, 2.24) is 4.31 Å². The number of benzene rings is 1. The van der Waals surface area contributed by atoms with Crippen LogP contribution in [0.1, 0.15) is 12.8 Å². The lowest BCUT2D eigenvalue weighted by Crippen LogP contribution is -2.39. The van der Waals surface area contributed by atoms with E-state index in [4.69, 9.17) is 9.47 Å². The lowest BCUT2D eigenvalue weighted by Gasteiger charge is -2.31. The SMILES string of the molecule is COCCOCC1CCN(S(=O)(=O)c2ccc([N+](=O)[O-])cc2)CC1. The van der Waals surface area contributed by atoms with E-state index in [1.165, 1.54) is 28.6 Å². The third-order valence-corrected chi connectivity index (χ3v) is 5.96. The van der Waals surface area contributed by atoms with E-state index in [0.717, 1.165) is 12.8 Å². The van der Waals surface area contributed by atoms with Gasteiger partial charge in [0, 0.05) is 38.9 Å². The number of nitrogens with zero attached hydrogens (tertiary/aromatic N) is 2. The van der Waals surface area contributed by atoms with Gasteiger partial charge in [-0.2, -0.15) is 4.31 Å². The number of piperidine rings is 1. The van der Waals surface area contributed by atoms with Crippen molar-refractivity contribution < 1.29 is 22.8 Å². The van der Waals surface area contributed by atoms with Crippen LogP contribution < -0.4 is 0 Å². The highest BCUT2D eigenvalue weighted by Crippen LogP contribution is 2.25. The second kappa shape index (κ2) is 8.52. The maximum atomic E-state index is 12.6. The fourth-order valence-corrected chi connectivity index (χ4v) is 4.07. The zero-order chi connectivity index (χ0) is 17.6. The third-order valence-electron chi connectivity index (χ3n) is 4.04. The Kier molecular flexibility index (Phi) is 6.67. The van der Waals surface area contributed by atoms with Crippen molar-refractivity contribution in [3.05, 3.63) is 34.4 Å². The molecular formula is C15H22N2O6S. The second-order valence-corrected chi connectivity index (χ2v) is 7.60. The predicted molar refractivity (Wildman–Crippen MR) is 87.3 cm³/mol. The van der Waals surface area contributed by atoms with Crippen molar-refractivity contribution in [2.45, 2.75) is 17.7 Å². The first kappa shape index (κ1) is 18.8. The van der Waals surface area contributed by atoms with E-state index < -0.39 is 14.9 Å². The summed E-state index contributed by atoms with van der Waals surface area (Å²) in [6.07, 6.45) is 1.47. The maximum Gasteiger partial charge on any atom is 0.269 e. The summed E-state index contributed by atoms with van der Waals surface area (Å²) in [5.74, 6) is 0.338. The number of hydrogen-bond acceptors (Lipinski definition) is 6. The van der Waals surface area contributed by atoms with Crippen molar-refractivity contribution in [2.75, 3.05) is 40.0 Å². The van der Waals surface area contributed by atoms with Crippen molar-refractivity contribution >= 4 is 15.7 Å². The van der Waals surface area contributed by atoms with E-state index in [2.05, 4.69) is 0 Å². The summed E-state index contributed by atoms with van der Waals surface area (Å²) < 4.78 is 37.0. The van der Waals surface area contributed by atoms with Gasteiger partial charge < -0.3 is 9.47 Å². The summed E-state index contributed by atoms with van der Waals surface area (Å²) in [6.45, 7) is 2.55. The minimum absolute atomic E-state index is 0.0860. The van der Waals surface area contributed by atoms with Crippen LogP contribution in [0.2, 0.25) is 0 Å². The maximum absolute atomic E-state index is 12.6. The van der Waals surface area contributed by atoms with Crippen molar-refractivity contribution in [1.29, 1.82) is 0 Å². The summed E-state index contributed by atoms with van der Waals surface area (Å²) in [7, 11) is -1.99. The van der Waals surface area contributed by atoms with E-state index in [0.29, 0.717) is 38.8 Å². The van der Waals surface area contributed by atoms with Crippen LogP contribution in [-0.4, -0.2) is 57.7 Å². The fraction of sp³-hybridized carbons (Fsp3) is 0.600. The quantitative estimate of drug-likeness (QED) is 0.398. The van der Waals surface area contributed by atoms with Crippen LogP contribution in [0.15, 0.2) is 29.2 Å². The van der Waals surface area contributed by atoms with Crippen molar-refractivity contribution in [3.63, 3.8) is 0 Å². The number of nitro benzene ring substituents is 1. The molecule has 0 N–H and O–H groups in total. The van der Waals surface area contributed by atoms with Gasteiger partial charge in [-0.25, -0.2) is 8.42 Å². The lowest BCUT2D eigenvalue weighted by atomic mass is 9.99. The highest BCUT2D eigenvalue weighted by molar-refractivity contribution is 7.89. The zero-order valence-corrected chi connectivity index (χ0v) is 14.4. The fourth-order valence-electron chi connectivity index (χ4n) is 2.60.